The van der Waals surface area contributed by atoms with Crippen molar-refractivity contribution in [1.82, 2.24) is 20.1 Å². The second-order valence-electron chi connectivity index (χ2n) is 6.07. The Kier molecular flexibility index (Phi) is 4.04. The molecule has 0 aliphatic carbocycles. The second-order valence-corrected chi connectivity index (χ2v) is 6.07. The molecule has 3 heterocycles. The van der Waals surface area contributed by atoms with E-state index in [1.54, 1.807) is 31.0 Å². The van der Waals surface area contributed by atoms with Crippen LogP contribution < -0.4 is 10.2 Å². The number of anilines is 1. The molecule has 0 unspecified atom stereocenters. The van der Waals surface area contributed by atoms with Crippen molar-refractivity contribution in [3.63, 3.8) is 0 Å². The molecule has 2 N–H and O–H groups in total. The first-order chi connectivity index (χ1) is 11.0. The summed E-state index contributed by atoms with van der Waals surface area (Å²) in [6.45, 7) is 3.18. The van der Waals surface area contributed by atoms with Crippen molar-refractivity contribution < 1.29 is 9.90 Å². The molecule has 0 saturated carbocycles. The smallest absolute Gasteiger partial charge is 0.254 e. The monoisotopic (exact) mass is 315 g/mol. The lowest BCUT2D eigenvalue weighted by Gasteiger charge is -2.24. The molecular weight excluding hydrogens is 294 g/mol. The van der Waals surface area contributed by atoms with Crippen LogP contribution in [0, 0.1) is 6.92 Å². The second kappa shape index (κ2) is 6.00. The Hall–Kier alpha value is -2.41. The first kappa shape index (κ1) is 15.5. The number of aromatic nitrogens is 3. The van der Waals surface area contributed by atoms with Crippen LogP contribution in [0.4, 0.5) is 5.82 Å². The number of aliphatic hydroxyl groups is 1. The van der Waals surface area contributed by atoms with Gasteiger partial charge in [0.15, 0.2) is 0 Å². The third kappa shape index (κ3) is 3.34. The molecule has 23 heavy (non-hydrogen) atoms. The van der Waals surface area contributed by atoms with Crippen LogP contribution in [0.3, 0.4) is 0 Å². The molecule has 3 rings (SSSR count). The van der Waals surface area contributed by atoms with E-state index in [0.29, 0.717) is 24.2 Å². The number of nitrogens with one attached hydrogen (secondary N) is 1. The lowest BCUT2D eigenvalue weighted by Crippen LogP contribution is -2.45. The van der Waals surface area contributed by atoms with Crippen molar-refractivity contribution >= 4 is 11.7 Å². The molecule has 1 atom stereocenters. The average Bonchev–Trinajstić information content (AvgIpc) is 3.09. The normalized spacial score (nSPS) is 20.7. The van der Waals surface area contributed by atoms with Gasteiger partial charge in [-0.3, -0.25) is 9.48 Å². The van der Waals surface area contributed by atoms with Crippen LogP contribution in [-0.2, 0) is 7.05 Å². The van der Waals surface area contributed by atoms with Crippen molar-refractivity contribution in [2.24, 2.45) is 7.05 Å². The zero-order valence-corrected chi connectivity index (χ0v) is 13.4. The molecular formula is C16H21N5O2. The molecule has 0 radical (unpaired) electrons. The fraction of sp³-hybridized carbons (Fsp3) is 0.438. The van der Waals surface area contributed by atoms with Gasteiger partial charge in [-0.1, -0.05) is 6.07 Å². The van der Waals surface area contributed by atoms with E-state index < -0.39 is 5.60 Å². The van der Waals surface area contributed by atoms with Gasteiger partial charge in [0.2, 0.25) is 0 Å². The van der Waals surface area contributed by atoms with E-state index in [1.165, 1.54) is 0 Å². The van der Waals surface area contributed by atoms with Gasteiger partial charge in [-0.15, -0.1) is 0 Å². The molecule has 0 aromatic carbocycles. The summed E-state index contributed by atoms with van der Waals surface area (Å²) < 4.78 is 1.61. The Bertz CT molecular complexity index is 700. The van der Waals surface area contributed by atoms with E-state index in [9.17, 15) is 9.90 Å². The van der Waals surface area contributed by atoms with E-state index in [1.807, 2.05) is 23.1 Å². The van der Waals surface area contributed by atoms with Gasteiger partial charge in [-0.2, -0.15) is 5.10 Å². The fourth-order valence-corrected chi connectivity index (χ4v) is 2.90. The average molecular weight is 315 g/mol. The summed E-state index contributed by atoms with van der Waals surface area (Å²) >= 11 is 0. The van der Waals surface area contributed by atoms with Crippen LogP contribution in [0.15, 0.2) is 30.6 Å². The first-order valence-electron chi connectivity index (χ1n) is 7.64. The molecule has 7 heteroatoms. The highest BCUT2D eigenvalue weighted by Crippen LogP contribution is 2.24. The maximum Gasteiger partial charge on any atom is 0.254 e. The molecule has 2 aromatic rings. The minimum absolute atomic E-state index is 0.208. The number of amides is 1. The number of carbonyl (C=O) groups is 1. The number of β-amino-alcohol motifs (C(OH)–C–C–N with tert-alkyl or cyclic N) is 1. The predicted octanol–water partition coefficient (Wildman–Crippen LogP) is 0.495. The van der Waals surface area contributed by atoms with Gasteiger partial charge in [0.25, 0.3) is 5.91 Å². The zero-order chi connectivity index (χ0) is 16.4. The number of aryl methyl sites for hydroxylation is 2. The molecule has 1 amide bonds. The van der Waals surface area contributed by atoms with Gasteiger partial charge in [0.05, 0.1) is 11.3 Å². The standard InChI is InChI=1S/C16H21N5O2/c1-12-13(9-20(2)19-12)15(22)18-10-16(23)6-8-21(11-16)14-5-3-4-7-17-14/h3-5,7,9,23H,6,8,10-11H2,1-2H3,(H,18,22)/t16-/m1/s1. The van der Waals surface area contributed by atoms with Crippen molar-refractivity contribution in [3.05, 3.63) is 41.9 Å². The molecule has 1 aliphatic heterocycles. The van der Waals surface area contributed by atoms with Crippen LogP contribution in [-0.4, -0.2) is 51.0 Å². The lowest BCUT2D eigenvalue weighted by molar-refractivity contribution is 0.0575. The van der Waals surface area contributed by atoms with Crippen LogP contribution in [0.2, 0.25) is 0 Å². The first-order valence-corrected chi connectivity index (χ1v) is 7.64. The number of rotatable bonds is 4. The number of pyridine rings is 1. The van der Waals surface area contributed by atoms with Crippen LogP contribution in [0.25, 0.3) is 0 Å². The SMILES string of the molecule is Cc1nn(C)cc1C(=O)NC[C@]1(O)CCN(c2ccccn2)C1. The van der Waals surface area contributed by atoms with E-state index in [-0.39, 0.29) is 12.5 Å². The third-order valence-corrected chi connectivity index (χ3v) is 4.14. The molecule has 1 fully saturated rings. The summed E-state index contributed by atoms with van der Waals surface area (Å²) in [4.78, 5) is 18.6. The Labute approximate surface area is 134 Å². The molecule has 1 saturated heterocycles. The summed E-state index contributed by atoms with van der Waals surface area (Å²) in [5.41, 5.74) is 0.276. The molecule has 122 valence electrons. The summed E-state index contributed by atoms with van der Waals surface area (Å²) in [6.07, 6.45) is 4.01. The summed E-state index contributed by atoms with van der Waals surface area (Å²) in [5.74, 6) is 0.637. The van der Waals surface area contributed by atoms with Crippen molar-refractivity contribution in [2.75, 3.05) is 24.5 Å². The summed E-state index contributed by atoms with van der Waals surface area (Å²) in [5, 5.41) is 17.7. The predicted molar refractivity (Wildman–Crippen MR) is 86.3 cm³/mol. The van der Waals surface area contributed by atoms with Crippen LogP contribution >= 0.6 is 0 Å². The largest absolute Gasteiger partial charge is 0.386 e. The Balaban J connectivity index is 1.60. The lowest BCUT2D eigenvalue weighted by atomic mass is 10.0. The van der Waals surface area contributed by atoms with E-state index in [2.05, 4.69) is 15.4 Å². The maximum absolute atomic E-state index is 12.2. The van der Waals surface area contributed by atoms with Gasteiger partial charge in [0.1, 0.15) is 11.4 Å². The van der Waals surface area contributed by atoms with Crippen molar-refractivity contribution in [1.29, 1.82) is 0 Å². The molecule has 7 nitrogen and oxygen atoms in total. The van der Waals surface area contributed by atoms with Gasteiger partial charge < -0.3 is 15.3 Å². The minimum Gasteiger partial charge on any atom is -0.386 e. The molecule has 2 aromatic heterocycles. The third-order valence-electron chi connectivity index (χ3n) is 4.14. The summed E-state index contributed by atoms with van der Waals surface area (Å²) in [7, 11) is 1.78. The summed E-state index contributed by atoms with van der Waals surface area (Å²) in [6, 6.07) is 5.71. The highest BCUT2D eigenvalue weighted by atomic mass is 16.3. The Morgan fingerprint density at radius 1 is 1.48 bits per heavy atom. The van der Waals surface area contributed by atoms with Crippen molar-refractivity contribution in [3.8, 4) is 0 Å². The van der Waals surface area contributed by atoms with E-state index in [0.717, 1.165) is 12.4 Å². The van der Waals surface area contributed by atoms with Crippen LogP contribution in [0.5, 0.6) is 0 Å². The van der Waals surface area contributed by atoms with E-state index >= 15 is 0 Å². The Morgan fingerprint density at radius 2 is 2.30 bits per heavy atom. The van der Waals surface area contributed by atoms with Gasteiger partial charge in [-0.25, -0.2) is 4.98 Å². The van der Waals surface area contributed by atoms with Gasteiger partial charge in [0, 0.05) is 39.1 Å². The number of carbonyl (C=O) groups excluding carboxylic acids is 1. The van der Waals surface area contributed by atoms with Crippen molar-refractivity contribution in [2.45, 2.75) is 18.9 Å². The zero-order valence-electron chi connectivity index (χ0n) is 13.4. The molecule has 1 aliphatic rings. The van der Waals surface area contributed by atoms with Crippen LogP contribution in [0.1, 0.15) is 22.5 Å². The van der Waals surface area contributed by atoms with E-state index in [4.69, 9.17) is 0 Å². The number of hydrogen-bond donors (Lipinski definition) is 2. The Morgan fingerprint density at radius 3 is 2.96 bits per heavy atom. The minimum atomic E-state index is -0.941. The molecule has 0 bridgehead atoms. The fourth-order valence-electron chi connectivity index (χ4n) is 2.90. The number of hydrogen-bond acceptors (Lipinski definition) is 5. The molecule has 0 spiro atoms. The topological polar surface area (TPSA) is 83.3 Å². The maximum atomic E-state index is 12.2. The number of nitrogens with zero attached hydrogens (tertiary/aromatic N) is 4. The van der Waals surface area contributed by atoms with Gasteiger partial charge in [-0.05, 0) is 25.5 Å². The quantitative estimate of drug-likeness (QED) is 0.858. The highest BCUT2D eigenvalue weighted by molar-refractivity contribution is 5.95. The highest BCUT2D eigenvalue weighted by Gasteiger charge is 2.37. The van der Waals surface area contributed by atoms with Gasteiger partial charge >= 0.3 is 0 Å².